The van der Waals surface area contributed by atoms with Crippen LogP contribution in [0.2, 0.25) is 0 Å². The van der Waals surface area contributed by atoms with Gasteiger partial charge in [-0.05, 0) is 17.7 Å². The fraction of sp³-hybridized carbons (Fsp3) is 0.385. The zero-order valence-electron chi connectivity index (χ0n) is 9.89. The molecule has 0 bridgehead atoms. The molecule has 5 heteroatoms. The van der Waals surface area contributed by atoms with Crippen LogP contribution in [0.15, 0.2) is 29.4 Å². The fourth-order valence-corrected chi connectivity index (χ4v) is 2.61. The first kappa shape index (κ1) is 11.2. The molecule has 3 rings (SSSR count). The van der Waals surface area contributed by atoms with Crippen LogP contribution in [-0.2, 0) is 0 Å². The van der Waals surface area contributed by atoms with Crippen LogP contribution in [-0.4, -0.2) is 29.9 Å². The summed E-state index contributed by atoms with van der Waals surface area (Å²) in [6.07, 6.45) is 0.987. The smallest absolute Gasteiger partial charge is 0.335 e. The molecule has 0 radical (unpaired) electrons. The average molecular weight is 245 g/mol. The van der Waals surface area contributed by atoms with Gasteiger partial charge < -0.3 is 15.8 Å². The van der Waals surface area contributed by atoms with Crippen molar-refractivity contribution in [1.29, 1.82) is 0 Å². The molecular formula is C13H15N3O2. The third-order valence-corrected chi connectivity index (χ3v) is 3.62. The Kier molecular flexibility index (Phi) is 2.76. The summed E-state index contributed by atoms with van der Waals surface area (Å²) in [5.74, 6) is -0.508. The van der Waals surface area contributed by atoms with Crippen LogP contribution in [0.4, 0.5) is 0 Å². The van der Waals surface area contributed by atoms with Crippen LogP contribution in [0.3, 0.4) is 0 Å². The summed E-state index contributed by atoms with van der Waals surface area (Å²) >= 11 is 0. The van der Waals surface area contributed by atoms with Crippen molar-refractivity contribution in [2.24, 2.45) is 11.0 Å². The number of aromatic carboxylic acids is 1. The topological polar surface area (TPSA) is 73.7 Å². The minimum absolute atomic E-state index is 0.163. The maximum atomic E-state index is 10.8. The molecule has 2 atom stereocenters. The van der Waals surface area contributed by atoms with Gasteiger partial charge >= 0.3 is 5.97 Å². The minimum Gasteiger partial charge on any atom is -0.478 e. The lowest BCUT2D eigenvalue weighted by Crippen LogP contribution is -2.38. The molecule has 0 aliphatic carbocycles. The molecule has 1 saturated heterocycles. The van der Waals surface area contributed by atoms with Gasteiger partial charge in [0.25, 0.3) is 0 Å². The van der Waals surface area contributed by atoms with Crippen LogP contribution in [0.1, 0.15) is 28.4 Å². The Balaban J connectivity index is 1.81. The van der Waals surface area contributed by atoms with E-state index in [1.54, 1.807) is 12.1 Å². The fourth-order valence-electron chi connectivity index (χ4n) is 2.61. The standard InChI is InChI=1S/C13H15N3O2/c17-13(18)9-3-1-8(2-4-9)12-10-7-14-6-5-11(10)15-16-12/h1-4,10,12,14,16H,5-7H2,(H,17,18). The van der Waals surface area contributed by atoms with Crippen molar-refractivity contribution in [2.45, 2.75) is 12.5 Å². The molecule has 2 heterocycles. The number of fused-ring (bicyclic) bond motifs is 1. The largest absolute Gasteiger partial charge is 0.478 e. The number of piperidine rings is 1. The molecule has 0 aromatic heterocycles. The highest BCUT2D eigenvalue weighted by atomic mass is 16.4. The molecule has 2 aliphatic heterocycles. The number of nitrogens with zero attached hydrogens (tertiary/aromatic N) is 1. The first-order valence-electron chi connectivity index (χ1n) is 6.11. The number of hydrogen-bond donors (Lipinski definition) is 3. The molecular weight excluding hydrogens is 230 g/mol. The Morgan fingerprint density at radius 2 is 2.11 bits per heavy atom. The van der Waals surface area contributed by atoms with Crippen molar-refractivity contribution < 1.29 is 9.90 Å². The number of hydrogen-bond acceptors (Lipinski definition) is 4. The lowest BCUT2D eigenvalue weighted by molar-refractivity contribution is 0.0697. The van der Waals surface area contributed by atoms with Gasteiger partial charge in [0.1, 0.15) is 0 Å². The Morgan fingerprint density at radius 3 is 2.83 bits per heavy atom. The SMILES string of the molecule is O=C(O)c1ccc(C2NN=C3CCNCC32)cc1. The number of rotatable bonds is 2. The number of carboxylic acid groups (broad SMARTS) is 1. The van der Waals surface area contributed by atoms with Crippen molar-refractivity contribution >= 4 is 11.7 Å². The van der Waals surface area contributed by atoms with Crippen LogP contribution in [0, 0.1) is 5.92 Å². The van der Waals surface area contributed by atoms with Gasteiger partial charge in [0.15, 0.2) is 0 Å². The number of hydrazone groups is 1. The van der Waals surface area contributed by atoms with Gasteiger partial charge in [-0.1, -0.05) is 12.1 Å². The van der Waals surface area contributed by atoms with E-state index in [-0.39, 0.29) is 6.04 Å². The molecule has 1 aromatic carbocycles. The zero-order valence-corrected chi connectivity index (χ0v) is 9.89. The van der Waals surface area contributed by atoms with Crippen LogP contribution >= 0.6 is 0 Å². The molecule has 2 unspecified atom stereocenters. The molecule has 94 valence electrons. The minimum atomic E-state index is -0.891. The van der Waals surface area contributed by atoms with Crippen molar-refractivity contribution in [2.75, 3.05) is 13.1 Å². The van der Waals surface area contributed by atoms with E-state index in [0.29, 0.717) is 11.5 Å². The highest BCUT2D eigenvalue weighted by Gasteiger charge is 2.34. The van der Waals surface area contributed by atoms with E-state index in [2.05, 4.69) is 15.8 Å². The van der Waals surface area contributed by atoms with Crippen LogP contribution < -0.4 is 10.7 Å². The van der Waals surface area contributed by atoms with Crippen molar-refractivity contribution in [3.63, 3.8) is 0 Å². The molecule has 3 N–H and O–H groups in total. The Hall–Kier alpha value is -1.88. The molecule has 1 fully saturated rings. The average Bonchev–Trinajstić information content (AvgIpc) is 2.82. The maximum absolute atomic E-state index is 10.8. The van der Waals surface area contributed by atoms with Crippen molar-refractivity contribution in [1.82, 2.24) is 10.7 Å². The monoisotopic (exact) mass is 245 g/mol. The van der Waals surface area contributed by atoms with Crippen LogP contribution in [0.25, 0.3) is 0 Å². The second-order valence-electron chi connectivity index (χ2n) is 4.70. The quantitative estimate of drug-likeness (QED) is 0.726. The van der Waals surface area contributed by atoms with E-state index in [9.17, 15) is 4.79 Å². The van der Waals surface area contributed by atoms with Gasteiger partial charge in [0, 0.05) is 31.1 Å². The molecule has 2 aliphatic rings. The normalized spacial score (nSPS) is 26.1. The Bertz CT molecular complexity index is 495. The third kappa shape index (κ3) is 1.86. The number of benzene rings is 1. The number of nitrogens with one attached hydrogen (secondary N) is 2. The first-order chi connectivity index (χ1) is 8.75. The highest BCUT2D eigenvalue weighted by molar-refractivity contribution is 5.90. The first-order valence-corrected chi connectivity index (χ1v) is 6.11. The van der Waals surface area contributed by atoms with E-state index in [0.717, 1.165) is 25.1 Å². The third-order valence-electron chi connectivity index (χ3n) is 3.62. The summed E-state index contributed by atoms with van der Waals surface area (Å²) in [4.78, 5) is 10.8. The van der Waals surface area contributed by atoms with E-state index in [1.807, 2.05) is 12.1 Å². The second kappa shape index (κ2) is 4.42. The lowest BCUT2D eigenvalue weighted by Gasteiger charge is -2.25. The van der Waals surface area contributed by atoms with Gasteiger partial charge in [0.2, 0.25) is 0 Å². The van der Waals surface area contributed by atoms with E-state index >= 15 is 0 Å². The van der Waals surface area contributed by atoms with E-state index in [4.69, 9.17) is 5.11 Å². The molecule has 0 saturated carbocycles. The van der Waals surface area contributed by atoms with Gasteiger partial charge in [-0.2, -0.15) is 5.10 Å². The molecule has 0 amide bonds. The zero-order chi connectivity index (χ0) is 12.5. The van der Waals surface area contributed by atoms with Crippen molar-refractivity contribution in [3.8, 4) is 0 Å². The molecule has 5 nitrogen and oxygen atoms in total. The van der Waals surface area contributed by atoms with Gasteiger partial charge in [-0.15, -0.1) is 0 Å². The number of carboxylic acids is 1. The summed E-state index contributed by atoms with van der Waals surface area (Å²) in [5, 5.41) is 16.6. The van der Waals surface area contributed by atoms with E-state index in [1.165, 1.54) is 5.71 Å². The Morgan fingerprint density at radius 1 is 1.33 bits per heavy atom. The van der Waals surface area contributed by atoms with Gasteiger partial charge in [-0.25, -0.2) is 4.79 Å². The summed E-state index contributed by atoms with van der Waals surface area (Å²) in [5.41, 5.74) is 5.80. The van der Waals surface area contributed by atoms with Gasteiger partial charge in [0.05, 0.1) is 11.6 Å². The maximum Gasteiger partial charge on any atom is 0.335 e. The Labute approximate surface area is 105 Å². The number of carbonyl (C=O) groups is 1. The summed E-state index contributed by atoms with van der Waals surface area (Å²) < 4.78 is 0. The molecule has 0 spiro atoms. The summed E-state index contributed by atoms with van der Waals surface area (Å²) in [6.45, 7) is 1.92. The van der Waals surface area contributed by atoms with E-state index < -0.39 is 5.97 Å². The lowest BCUT2D eigenvalue weighted by atomic mass is 9.87. The predicted molar refractivity (Wildman–Crippen MR) is 67.7 cm³/mol. The predicted octanol–water partition coefficient (Wildman–Crippen LogP) is 0.995. The van der Waals surface area contributed by atoms with Crippen molar-refractivity contribution in [3.05, 3.63) is 35.4 Å². The summed E-state index contributed by atoms with van der Waals surface area (Å²) in [6, 6.07) is 7.19. The molecule has 18 heavy (non-hydrogen) atoms. The second-order valence-corrected chi connectivity index (χ2v) is 4.70. The van der Waals surface area contributed by atoms with Gasteiger partial charge in [-0.3, -0.25) is 0 Å². The molecule has 1 aromatic rings. The summed E-state index contributed by atoms with van der Waals surface area (Å²) in [7, 11) is 0. The van der Waals surface area contributed by atoms with Crippen LogP contribution in [0.5, 0.6) is 0 Å². The highest BCUT2D eigenvalue weighted by Crippen LogP contribution is 2.30.